The fourth-order valence-corrected chi connectivity index (χ4v) is 2.01. The fourth-order valence-electron chi connectivity index (χ4n) is 2.01. The molecule has 0 spiro atoms. The van der Waals surface area contributed by atoms with Gasteiger partial charge in [0.25, 0.3) is 0 Å². The summed E-state index contributed by atoms with van der Waals surface area (Å²) in [5.41, 5.74) is 4.68. The summed E-state index contributed by atoms with van der Waals surface area (Å²) in [4.78, 5) is 11.9. The standard InChI is InChI=1S/C12H10FN5O2/c1-2-12(4-19)7(13)3-8(20-12)18-6-17-9-10(14)15-5-16-11(9)18/h1,3,5-6,8,19H,4H2,(H2,14,15,16)/t8-,12-/m0/s1. The maximum atomic E-state index is 13.9. The SMILES string of the molecule is C#C[C@@]1(CO)O[C@H](n2cnc3c(N)ncnc32)C=C1F. The predicted octanol–water partition coefficient (Wildman–Crippen LogP) is 0.155. The molecule has 0 fully saturated rings. The molecule has 102 valence electrons. The van der Waals surface area contributed by atoms with E-state index in [4.69, 9.17) is 16.9 Å². The van der Waals surface area contributed by atoms with Gasteiger partial charge in [0.1, 0.15) is 17.7 Å². The van der Waals surface area contributed by atoms with Crippen molar-refractivity contribution in [1.29, 1.82) is 0 Å². The number of nitrogens with zero attached hydrogens (tertiary/aromatic N) is 4. The lowest BCUT2D eigenvalue weighted by molar-refractivity contribution is -0.0586. The summed E-state index contributed by atoms with van der Waals surface area (Å²) >= 11 is 0. The number of rotatable bonds is 2. The first-order chi connectivity index (χ1) is 9.61. The molecule has 0 aromatic carbocycles. The third-order valence-electron chi connectivity index (χ3n) is 3.11. The molecule has 0 radical (unpaired) electrons. The van der Waals surface area contributed by atoms with Crippen molar-refractivity contribution in [1.82, 2.24) is 19.5 Å². The van der Waals surface area contributed by atoms with Gasteiger partial charge < -0.3 is 15.6 Å². The number of fused-ring (bicyclic) bond motifs is 1. The number of hydrogen-bond donors (Lipinski definition) is 2. The molecule has 2 atom stereocenters. The summed E-state index contributed by atoms with van der Waals surface area (Å²) in [7, 11) is 0. The molecule has 1 aliphatic rings. The van der Waals surface area contributed by atoms with Crippen LogP contribution < -0.4 is 5.73 Å². The first-order valence-electron chi connectivity index (χ1n) is 5.68. The smallest absolute Gasteiger partial charge is 0.205 e. The van der Waals surface area contributed by atoms with Crippen molar-refractivity contribution >= 4 is 17.0 Å². The fraction of sp³-hybridized carbons (Fsp3) is 0.250. The van der Waals surface area contributed by atoms with Gasteiger partial charge in [0.2, 0.25) is 5.60 Å². The van der Waals surface area contributed by atoms with E-state index in [9.17, 15) is 9.50 Å². The number of aromatic nitrogens is 4. The van der Waals surface area contributed by atoms with Gasteiger partial charge in [-0.25, -0.2) is 19.3 Å². The number of terminal acetylenes is 1. The maximum Gasteiger partial charge on any atom is 0.205 e. The Labute approximate surface area is 112 Å². The van der Waals surface area contributed by atoms with Gasteiger partial charge >= 0.3 is 0 Å². The Morgan fingerprint density at radius 1 is 1.55 bits per heavy atom. The lowest BCUT2D eigenvalue weighted by Crippen LogP contribution is -2.33. The number of hydrogen-bond acceptors (Lipinski definition) is 6. The van der Waals surface area contributed by atoms with Crippen LogP contribution in [0.3, 0.4) is 0 Å². The molecule has 2 aromatic rings. The summed E-state index contributed by atoms with van der Waals surface area (Å²) in [6, 6.07) is 0. The Hall–Kier alpha value is -2.50. The zero-order valence-electron chi connectivity index (χ0n) is 10.2. The molecule has 2 aromatic heterocycles. The van der Waals surface area contributed by atoms with E-state index in [0.717, 1.165) is 6.08 Å². The number of aliphatic hydroxyl groups is 1. The van der Waals surface area contributed by atoms with E-state index in [1.807, 2.05) is 0 Å². The average molecular weight is 275 g/mol. The Kier molecular flexibility index (Phi) is 2.67. The van der Waals surface area contributed by atoms with Crippen LogP contribution in [-0.2, 0) is 4.74 Å². The van der Waals surface area contributed by atoms with Crippen LogP contribution in [0.15, 0.2) is 24.6 Å². The van der Waals surface area contributed by atoms with E-state index in [-0.39, 0.29) is 5.82 Å². The van der Waals surface area contributed by atoms with E-state index >= 15 is 0 Å². The molecule has 7 nitrogen and oxygen atoms in total. The van der Waals surface area contributed by atoms with Crippen LogP contribution in [0.5, 0.6) is 0 Å². The minimum atomic E-state index is -1.76. The van der Waals surface area contributed by atoms with Crippen LogP contribution >= 0.6 is 0 Å². The monoisotopic (exact) mass is 275 g/mol. The third-order valence-corrected chi connectivity index (χ3v) is 3.11. The van der Waals surface area contributed by atoms with Crippen molar-refractivity contribution < 1.29 is 14.2 Å². The molecule has 0 amide bonds. The Bertz CT molecular complexity index is 750. The molecule has 0 saturated carbocycles. The Morgan fingerprint density at radius 2 is 2.35 bits per heavy atom. The molecule has 0 aliphatic carbocycles. The van der Waals surface area contributed by atoms with Gasteiger partial charge in [-0.2, -0.15) is 0 Å². The van der Waals surface area contributed by atoms with Crippen LogP contribution in [0, 0.1) is 12.3 Å². The number of nitrogens with two attached hydrogens (primary N) is 1. The zero-order chi connectivity index (χ0) is 14.3. The van der Waals surface area contributed by atoms with Gasteiger partial charge in [-0.1, -0.05) is 5.92 Å². The highest BCUT2D eigenvalue weighted by molar-refractivity contribution is 5.81. The van der Waals surface area contributed by atoms with Gasteiger partial charge in [-0.3, -0.25) is 4.57 Å². The van der Waals surface area contributed by atoms with E-state index in [1.54, 1.807) is 0 Å². The molecule has 0 unspecified atom stereocenters. The quantitative estimate of drug-likeness (QED) is 0.757. The lowest BCUT2D eigenvalue weighted by atomic mass is 10.1. The maximum absolute atomic E-state index is 13.9. The van der Waals surface area contributed by atoms with E-state index < -0.39 is 24.3 Å². The number of aliphatic hydroxyl groups excluding tert-OH is 1. The molecule has 3 rings (SSSR count). The molecule has 20 heavy (non-hydrogen) atoms. The molecule has 8 heteroatoms. The highest BCUT2D eigenvalue weighted by Crippen LogP contribution is 2.37. The first kappa shape index (κ1) is 12.5. The first-order valence-corrected chi connectivity index (χ1v) is 5.68. The second-order valence-electron chi connectivity index (χ2n) is 4.24. The number of ether oxygens (including phenoxy) is 1. The zero-order valence-corrected chi connectivity index (χ0v) is 10.2. The van der Waals surface area contributed by atoms with Gasteiger partial charge in [0.15, 0.2) is 17.7 Å². The summed E-state index contributed by atoms with van der Waals surface area (Å²) in [6.07, 6.45) is 8.20. The number of anilines is 1. The highest BCUT2D eigenvalue weighted by atomic mass is 19.1. The average Bonchev–Trinajstić information content (AvgIpc) is 3.01. The minimum Gasteiger partial charge on any atom is -0.392 e. The predicted molar refractivity (Wildman–Crippen MR) is 67.7 cm³/mol. The Balaban J connectivity index is 2.07. The molecular formula is C12H10FN5O2. The van der Waals surface area contributed by atoms with Crippen LogP contribution in [0.25, 0.3) is 11.2 Å². The molecule has 0 bridgehead atoms. The van der Waals surface area contributed by atoms with Crippen molar-refractivity contribution in [3.05, 3.63) is 24.6 Å². The topological polar surface area (TPSA) is 99.1 Å². The van der Waals surface area contributed by atoms with E-state index in [2.05, 4.69) is 20.9 Å². The van der Waals surface area contributed by atoms with Gasteiger partial charge in [0.05, 0.1) is 12.9 Å². The minimum absolute atomic E-state index is 0.210. The van der Waals surface area contributed by atoms with E-state index in [0.29, 0.717) is 11.2 Å². The largest absolute Gasteiger partial charge is 0.392 e. The second kappa shape index (κ2) is 4.26. The van der Waals surface area contributed by atoms with Crippen LogP contribution in [0.1, 0.15) is 6.23 Å². The molecule has 0 saturated heterocycles. The number of halogens is 1. The van der Waals surface area contributed by atoms with Gasteiger partial charge in [0, 0.05) is 6.08 Å². The van der Waals surface area contributed by atoms with Crippen molar-refractivity contribution in [2.75, 3.05) is 12.3 Å². The highest BCUT2D eigenvalue weighted by Gasteiger charge is 2.43. The van der Waals surface area contributed by atoms with Gasteiger partial charge in [-0.15, -0.1) is 6.42 Å². The van der Waals surface area contributed by atoms with Crippen molar-refractivity contribution in [3.8, 4) is 12.3 Å². The third kappa shape index (κ3) is 1.57. The van der Waals surface area contributed by atoms with E-state index in [1.165, 1.54) is 17.2 Å². The Morgan fingerprint density at radius 3 is 3.00 bits per heavy atom. The molecule has 1 aliphatic heterocycles. The van der Waals surface area contributed by atoms with Crippen molar-refractivity contribution in [2.24, 2.45) is 0 Å². The normalized spacial score (nSPS) is 25.6. The molecule has 3 heterocycles. The summed E-state index contributed by atoms with van der Waals surface area (Å²) < 4.78 is 20.8. The van der Waals surface area contributed by atoms with Gasteiger partial charge in [-0.05, 0) is 0 Å². The van der Waals surface area contributed by atoms with Crippen LogP contribution in [0.4, 0.5) is 10.2 Å². The van der Waals surface area contributed by atoms with Crippen molar-refractivity contribution in [2.45, 2.75) is 11.8 Å². The molecule has 3 N–H and O–H groups in total. The lowest BCUT2D eigenvalue weighted by Gasteiger charge is -2.22. The number of nitrogen functional groups attached to an aromatic ring is 1. The number of imidazole rings is 1. The summed E-state index contributed by atoms with van der Waals surface area (Å²) in [5, 5.41) is 9.24. The van der Waals surface area contributed by atoms with Crippen molar-refractivity contribution in [3.63, 3.8) is 0 Å². The summed E-state index contributed by atoms with van der Waals surface area (Å²) in [6.45, 7) is -0.661. The second-order valence-corrected chi connectivity index (χ2v) is 4.24. The summed E-state index contributed by atoms with van der Waals surface area (Å²) in [5.74, 6) is 1.61. The molecular weight excluding hydrogens is 265 g/mol. The van der Waals surface area contributed by atoms with Crippen LogP contribution in [0.2, 0.25) is 0 Å². The van der Waals surface area contributed by atoms with Crippen LogP contribution in [-0.4, -0.2) is 36.8 Å².